The molecule has 0 spiro atoms. The van der Waals surface area contributed by atoms with E-state index in [1.807, 2.05) is 5.32 Å². The summed E-state index contributed by atoms with van der Waals surface area (Å²) >= 11 is 0. The van der Waals surface area contributed by atoms with E-state index in [9.17, 15) is 52.8 Å². The molecule has 216 valence electrons. The van der Waals surface area contributed by atoms with E-state index >= 15 is 0 Å². The quantitative estimate of drug-likeness (QED) is 0.0778. The van der Waals surface area contributed by atoms with Crippen molar-refractivity contribution < 1.29 is 67.6 Å². The van der Waals surface area contributed by atoms with Gasteiger partial charge in [0.15, 0.2) is 0 Å². The summed E-state index contributed by atoms with van der Waals surface area (Å²) in [6.07, 6.45) is -2.84. The van der Waals surface area contributed by atoms with Crippen molar-refractivity contribution in [1.82, 2.24) is 20.7 Å². The standard InChI is InChI=1S/C20H26FN4O13P/c21-14-3-1-2-10(22-14)17(29)24-11(18(30)31)4-6-15(26)23-12(19(32)33)8-9-38-39(36,37)25-13(20(34)35)5-7-16(27)28/h1-3,11-13H,4-9H2,(H,23,26)(H,24,29)(H,27,28)(H,30,31)(H,32,33)(H,34,35)(H2,25,36,37)/t11-,12?,13?/m0/s1/i21-1. The molecule has 1 aromatic heterocycles. The molecule has 39 heavy (non-hydrogen) atoms. The van der Waals surface area contributed by atoms with Gasteiger partial charge in [0.1, 0.15) is 23.8 Å². The Morgan fingerprint density at radius 1 is 0.872 bits per heavy atom. The van der Waals surface area contributed by atoms with Gasteiger partial charge in [0.2, 0.25) is 11.9 Å². The second-order valence-electron chi connectivity index (χ2n) is 7.80. The Hall–Kier alpha value is -3.99. The highest BCUT2D eigenvalue weighted by molar-refractivity contribution is 7.50. The second-order valence-corrected chi connectivity index (χ2v) is 9.36. The van der Waals surface area contributed by atoms with Gasteiger partial charge in [-0.05, 0) is 25.0 Å². The van der Waals surface area contributed by atoms with Crippen molar-refractivity contribution in [2.45, 2.75) is 50.2 Å². The zero-order valence-electron chi connectivity index (χ0n) is 20.0. The van der Waals surface area contributed by atoms with E-state index in [2.05, 4.69) is 14.8 Å². The average Bonchev–Trinajstić information content (AvgIpc) is 2.82. The van der Waals surface area contributed by atoms with Gasteiger partial charge >= 0.3 is 31.6 Å². The number of aromatic nitrogens is 1. The molecule has 0 saturated heterocycles. The molecule has 1 rings (SSSR count). The monoisotopic (exact) mass is 579 g/mol. The molecule has 0 aliphatic rings. The molecule has 2 amide bonds. The summed E-state index contributed by atoms with van der Waals surface area (Å²) in [6.45, 7) is -0.766. The zero-order valence-corrected chi connectivity index (χ0v) is 20.9. The summed E-state index contributed by atoms with van der Waals surface area (Å²) in [5, 5.41) is 42.1. The molecule has 0 aliphatic heterocycles. The molecule has 4 atom stereocenters. The van der Waals surface area contributed by atoms with E-state index in [1.165, 1.54) is 6.07 Å². The number of hydrogen-bond donors (Lipinski definition) is 8. The molecule has 0 aromatic carbocycles. The van der Waals surface area contributed by atoms with Crippen LogP contribution in [-0.2, 0) is 33.1 Å². The van der Waals surface area contributed by atoms with Crippen LogP contribution in [-0.4, -0.2) is 90.7 Å². The first-order valence-electron chi connectivity index (χ1n) is 11.0. The van der Waals surface area contributed by atoms with Gasteiger partial charge in [0.05, 0.1) is 6.61 Å². The summed E-state index contributed by atoms with van der Waals surface area (Å²) in [4.78, 5) is 81.9. The molecule has 1 aromatic rings. The minimum absolute atomic E-state index is 0.413. The number of hydrogen-bond acceptors (Lipinski definition) is 9. The van der Waals surface area contributed by atoms with E-state index in [1.54, 1.807) is 5.09 Å². The predicted octanol–water partition coefficient (Wildman–Crippen LogP) is -0.832. The van der Waals surface area contributed by atoms with E-state index in [4.69, 9.17) is 10.2 Å². The van der Waals surface area contributed by atoms with Crippen LogP contribution in [0.5, 0.6) is 0 Å². The third-order valence-electron chi connectivity index (χ3n) is 4.78. The number of aliphatic carboxylic acids is 4. The van der Waals surface area contributed by atoms with Crippen molar-refractivity contribution >= 4 is 43.4 Å². The van der Waals surface area contributed by atoms with Crippen LogP contribution in [0.15, 0.2) is 18.2 Å². The van der Waals surface area contributed by atoms with Crippen LogP contribution in [0.2, 0.25) is 0 Å². The third-order valence-corrected chi connectivity index (χ3v) is 5.95. The molecular formula is C20H26FN4O13P. The van der Waals surface area contributed by atoms with E-state index in [0.29, 0.717) is 0 Å². The van der Waals surface area contributed by atoms with E-state index < -0.39 is 112 Å². The first-order valence-corrected chi connectivity index (χ1v) is 12.6. The summed E-state index contributed by atoms with van der Waals surface area (Å²) in [5.74, 6) is -9.08. The van der Waals surface area contributed by atoms with Crippen LogP contribution in [0, 0.1) is 5.95 Å². The number of carbonyl (C=O) groups is 6. The van der Waals surface area contributed by atoms with Crippen molar-refractivity contribution in [2.24, 2.45) is 0 Å². The molecule has 0 fully saturated rings. The van der Waals surface area contributed by atoms with Crippen LogP contribution >= 0.6 is 7.75 Å². The third kappa shape index (κ3) is 12.9. The Kier molecular flexibility index (Phi) is 13.1. The van der Waals surface area contributed by atoms with E-state index in [-0.39, 0.29) is 0 Å². The number of carboxylic acid groups (broad SMARTS) is 4. The normalized spacial score (nSPS) is 14.7. The maximum Gasteiger partial charge on any atom is 0.403 e. The lowest BCUT2D eigenvalue weighted by atomic mass is 10.1. The Morgan fingerprint density at radius 3 is 1.97 bits per heavy atom. The largest absolute Gasteiger partial charge is 0.481 e. The Bertz CT molecular complexity index is 1130. The van der Waals surface area contributed by atoms with Crippen molar-refractivity contribution in [3.8, 4) is 0 Å². The van der Waals surface area contributed by atoms with Crippen molar-refractivity contribution in [2.75, 3.05) is 6.61 Å². The van der Waals surface area contributed by atoms with Crippen molar-refractivity contribution in [3.63, 3.8) is 0 Å². The number of nitrogens with zero attached hydrogens (tertiary/aromatic N) is 1. The van der Waals surface area contributed by atoms with Gasteiger partial charge in [-0.2, -0.15) is 4.39 Å². The summed E-state index contributed by atoms with van der Waals surface area (Å²) < 4.78 is 29.8. The fourth-order valence-electron chi connectivity index (χ4n) is 2.86. The maximum atomic E-state index is 13.2. The fraction of sp³-hybridized carbons (Fsp3) is 0.450. The minimum Gasteiger partial charge on any atom is -0.481 e. The molecule has 0 bridgehead atoms. The molecule has 0 aliphatic carbocycles. The molecule has 0 radical (unpaired) electrons. The van der Waals surface area contributed by atoms with Gasteiger partial charge in [-0.3, -0.25) is 23.7 Å². The summed E-state index contributed by atoms with van der Waals surface area (Å²) in [6, 6.07) is -1.78. The first kappa shape index (κ1) is 33.0. The first-order chi connectivity index (χ1) is 18.1. The summed E-state index contributed by atoms with van der Waals surface area (Å²) in [5.41, 5.74) is -0.413. The number of carbonyl (C=O) groups excluding carboxylic acids is 2. The molecular weight excluding hydrogens is 553 g/mol. The second kappa shape index (κ2) is 15.4. The maximum absolute atomic E-state index is 13.2. The molecule has 0 saturated carbocycles. The smallest absolute Gasteiger partial charge is 0.403 e. The number of nitrogens with one attached hydrogen (secondary N) is 3. The van der Waals surface area contributed by atoms with Crippen LogP contribution in [0.1, 0.15) is 42.6 Å². The topological polar surface area (TPSA) is 279 Å². The highest BCUT2D eigenvalue weighted by Crippen LogP contribution is 2.38. The van der Waals surface area contributed by atoms with Crippen molar-refractivity contribution in [3.05, 3.63) is 29.8 Å². The number of amides is 2. The SMILES string of the molecule is O=C(O)CCC(NP(=O)(O)OCCC(NC(=O)CC[C@H](NC(=O)c1cccc([18F])n1)C(=O)O)C(=O)O)C(=O)O. The van der Waals surface area contributed by atoms with Crippen LogP contribution in [0.3, 0.4) is 0 Å². The fourth-order valence-corrected chi connectivity index (χ4v) is 3.92. The lowest BCUT2D eigenvalue weighted by Crippen LogP contribution is -2.44. The predicted molar refractivity (Wildman–Crippen MR) is 124 cm³/mol. The van der Waals surface area contributed by atoms with Gasteiger partial charge in [0.25, 0.3) is 5.91 Å². The Labute approximate surface area is 219 Å². The van der Waals surface area contributed by atoms with Gasteiger partial charge < -0.3 is 36.0 Å². The number of carboxylic acids is 4. The average molecular weight is 579 g/mol. The highest BCUT2D eigenvalue weighted by atomic mass is 31.2. The van der Waals surface area contributed by atoms with Gasteiger partial charge in [-0.15, -0.1) is 0 Å². The lowest BCUT2D eigenvalue weighted by Gasteiger charge is -2.20. The molecule has 19 heteroatoms. The Balaban J connectivity index is 2.63. The summed E-state index contributed by atoms with van der Waals surface area (Å²) in [7, 11) is -4.83. The molecule has 1 heterocycles. The molecule has 8 N–H and O–H groups in total. The Morgan fingerprint density at radius 2 is 1.44 bits per heavy atom. The minimum atomic E-state index is -4.83. The van der Waals surface area contributed by atoms with Gasteiger partial charge in [0, 0.05) is 19.3 Å². The van der Waals surface area contributed by atoms with Crippen LogP contribution in [0.4, 0.5) is 4.39 Å². The van der Waals surface area contributed by atoms with Gasteiger partial charge in [-0.1, -0.05) is 6.07 Å². The number of pyridine rings is 1. The molecule has 3 unspecified atom stereocenters. The lowest BCUT2D eigenvalue weighted by molar-refractivity contribution is -0.143. The number of halogens is 1. The number of rotatable bonds is 18. The highest BCUT2D eigenvalue weighted by Gasteiger charge is 2.30. The van der Waals surface area contributed by atoms with E-state index in [0.717, 1.165) is 12.1 Å². The zero-order chi connectivity index (χ0) is 29.8. The molecule has 17 nitrogen and oxygen atoms in total. The van der Waals surface area contributed by atoms with Gasteiger partial charge in [-0.25, -0.2) is 24.2 Å². The van der Waals surface area contributed by atoms with Crippen molar-refractivity contribution in [1.29, 1.82) is 0 Å². The van der Waals surface area contributed by atoms with Crippen LogP contribution < -0.4 is 15.7 Å². The van der Waals surface area contributed by atoms with Crippen LogP contribution in [0.25, 0.3) is 0 Å².